The van der Waals surface area contributed by atoms with E-state index in [4.69, 9.17) is 4.99 Å². The van der Waals surface area contributed by atoms with Crippen molar-refractivity contribution in [3.63, 3.8) is 0 Å². The summed E-state index contributed by atoms with van der Waals surface area (Å²) in [5.41, 5.74) is 5.34. The molecule has 2 bridgehead atoms. The lowest BCUT2D eigenvalue weighted by molar-refractivity contribution is 0.413. The lowest BCUT2D eigenvalue weighted by Crippen LogP contribution is -2.40. The minimum Gasteiger partial charge on any atom is -0.326 e. The molecule has 1 N–H and O–H groups in total. The van der Waals surface area contributed by atoms with Gasteiger partial charge in [0.15, 0.2) is 0 Å². The summed E-state index contributed by atoms with van der Waals surface area (Å²) in [5.74, 6) is 0.286. The van der Waals surface area contributed by atoms with Crippen LogP contribution < -0.4 is 5.56 Å². The Hall–Kier alpha value is -3.01. The van der Waals surface area contributed by atoms with Crippen molar-refractivity contribution < 1.29 is 0 Å². The zero-order chi connectivity index (χ0) is 18.9. The Morgan fingerprint density at radius 1 is 1.33 bits per heavy atom. The molecule has 0 radical (unpaired) electrons. The summed E-state index contributed by atoms with van der Waals surface area (Å²) in [6.07, 6.45) is 15.6. The fraction of sp³-hybridized carbons (Fsp3) is 0.261. The van der Waals surface area contributed by atoms with Gasteiger partial charge >= 0.3 is 0 Å². The number of aromatic amines is 1. The number of nitrogens with zero attached hydrogens (tertiary/aromatic N) is 2. The van der Waals surface area contributed by atoms with E-state index >= 15 is 0 Å². The molecule has 0 aromatic carbocycles. The van der Waals surface area contributed by atoms with Crippen LogP contribution in [0.1, 0.15) is 37.1 Å². The van der Waals surface area contributed by atoms with Crippen LogP contribution in [0.4, 0.5) is 0 Å². The molecule has 4 nitrogen and oxygen atoms in total. The van der Waals surface area contributed by atoms with E-state index in [9.17, 15) is 4.79 Å². The molecule has 2 aromatic rings. The Balaban J connectivity index is 1.79. The molecule has 2 heterocycles. The second kappa shape index (κ2) is 6.95. The predicted molar refractivity (Wildman–Crippen MR) is 110 cm³/mol. The highest BCUT2D eigenvalue weighted by Crippen LogP contribution is 2.51. The van der Waals surface area contributed by atoms with Gasteiger partial charge in [-0.3, -0.25) is 14.8 Å². The molecule has 0 spiro atoms. The lowest BCUT2D eigenvalue weighted by Gasteiger charge is -2.45. The van der Waals surface area contributed by atoms with Crippen molar-refractivity contribution in [2.45, 2.75) is 32.2 Å². The van der Waals surface area contributed by atoms with Crippen LogP contribution in [-0.4, -0.2) is 16.2 Å². The number of nitrogens with one attached hydrogen (secondary N) is 1. The van der Waals surface area contributed by atoms with E-state index in [-0.39, 0.29) is 11.5 Å². The van der Waals surface area contributed by atoms with Crippen LogP contribution >= 0.6 is 0 Å². The van der Waals surface area contributed by atoms with Crippen LogP contribution in [0.5, 0.6) is 0 Å². The summed E-state index contributed by atoms with van der Waals surface area (Å²) in [4.78, 5) is 24.1. The fourth-order valence-corrected chi connectivity index (χ4v) is 4.45. The maximum atomic E-state index is 11.9. The Kier molecular flexibility index (Phi) is 4.48. The zero-order valence-electron chi connectivity index (χ0n) is 15.6. The number of aliphatic imine (C=N–C) groups is 1. The predicted octanol–water partition coefficient (Wildman–Crippen LogP) is 4.22. The van der Waals surface area contributed by atoms with Crippen molar-refractivity contribution >= 4 is 12.3 Å². The Morgan fingerprint density at radius 3 is 3.00 bits per heavy atom. The molecule has 136 valence electrons. The second-order valence-corrected chi connectivity index (χ2v) is 7.24. The first-order chi connectivity index (χ1) is 13.1. The summed E-state index contributed by atoms with van der Waals surface area (Å²) in [7, 11) is 0. The van der Waals surface area contributed by atoms with Crippen LogP contribution in [0.25, 0.3) is 6.08 Å². The van der Waals surface area contributed by atoms with Crippen molar-refractivity contribution in [3.8, 4) is 0 Å². The van der Waals surface area contributed by atoms with Gasteiger partial charge < -0.3 is 4.98 Å². The molecular formula is C23H23N3O. The summed E-state index contributed by atoms with van der Waals surface area (Å²) in [6.45, 7) is 4.26. The number of fused-ring (bicyclic) bond motifs is 4. The van der Waals surface area contributed by atoms with Crippen molar-refractivity contribution in [1.29, 1.82) is 0 Å². The van der Waals surface area contributed by atoms with Gasteiger partial charge in [-0.2, -0.15) is 0 Å². The molecule has 2 aliphatic carbocycles. The van der Waals surface area contributed by atoms with E-state index in [0.717, 1.165) is 29.7 Å². The third-order valence-corrected chi connectivity index (χ3v) is 5.43. The van der Waals surface area contributed by atoms with Crippen molar-refractivity contribution in [2.75, 3.05) is 0 Å². The normalized spacial score (nSPS) is 25.8. The van der Waals surface area contributed by atoms with Gasteiger partial charge in [-0.05, 0) is 49.6 Å². The first-order valence-corrected chi connectivity index (χ1v) is 9.31. The van der Waals surface area contributed by atoms with Crippen LogP contribution in [0.2, 0.25) is 0 Å². The molecule has 0 amide bonds. The molecule has 2 atom stereocenters. The molecule has 2 aromatic heterocycles. The molecule has 0 unspecified atom stereocenters. The summed E-state index contributed by atoms with van der Waals surface area (Å²) < 4.78 is 0. The largest absolute Gasteiger partial charge is 0.326 e. The number of aromatic nitrogens is 2. The number of allylic oxidation sites excluding steroid dienone is 3. The first-order valence-electron chi connectivity index (χ1n) is 9.31. The monoisotopic (exact) mass is 357 g/mol. The number of hydrogen-bond acceptors (Lipinski definition) is 3. The average molecular weight is 357 g/mol. The molecule has 0 fully saturated rings. The Labute approximate surface area is 159 Å². The van der Waals surface area contributed by atoms with E-state index < -0.39 is 5.54 Å². The van der Waals surface area contributed by atoms with Gasteiger partial charge in [0, 0.05) is 48.3 Å². The quantitative estimate of drug-likeness (QED) is 0.660. The number of pyridine rings is 2. The first kappa shape index (κ1) is 17.4. The third kappa shape index (κ3) is 3.12. The van der Waals surface area contributed by atoms with Gasteiger partial charge in [-0.15, -0.1) is 0 Å². The molecule has 27 heavy (non-hydrogen) atoms. The molecule has 2 aliphatic rings. The van der Waals surface area contributed by atoms with E-state index in [0.29, 0.717) is 0 Å². The third-order valence-electron chi connectivity index (χ3n) is 5.43. The van der Waals surface area contributed by atoms with Crippen LogP contribution in [0, 0.1) is 5.92 Å². The lowest BCUT2D eigenvalue weighted by atomic mass is 9.63. The molecule has 4 heteroatoms. The minimum atomic E-state index is -0.435. The highest BCUT2D eigenvalue weighted by molar-refractivity contribution is 5.79. The number of hydrogen-bond donors (Lipinski definition) is 1. The van der Waals surface area contributed by atoms with E-state index in [1.165, 1.54) is 11.1 Å². The topological polar surface area (TPSA) is 58.1 Å². The van der Waals surface area contributed by atoms with Crippen LogP contribution in [0.3, 0.4) is 0 Å². The van der Waals surface area contributed by atoms with Gasteiger partial charge in [0.1, 0.15) is 5.54 Å². The highest BCUT2D eigenvalue weighted by Gasteiger charge is 2.46. The maximum absolute atomic E-state index is 11.9. The van der Waals surface area contributed by atoms with E-state index in [2.05, 4.69) is 36.0 Å². The van der Waals surface area contributed by atoms with E-state index in [1.54, 1.807) is 12.3 Å². The smallest absolute Gasteiger partial charge is 0.248 e. The Morgan fingerprint density at radius 2 is 2.22 bits per heavy atom. The number of rotatable bonds is 3. The fourth-order valence-electron chi connectivity index (χ4n) is 4.45. The maximum Gasteiger partial charge on any atom is 0.248 e. The summed E-state index contributed by atoms with van der Waals surface area (Å²) in [5, 5.41) is 0. The Bertz CT molecular complexity index is 1030. The summed E-state index contributed by atoms with van der Waals surface area (Å²) >= 11 is 0. The molecule has 4 rings (SSSR count). The van der Waals surface area contributed by atoms with Gasteiger partial charge in [-0.1, -0.05) is 29.9 Å². The van der Waals surface area contributed by atoms with Gasteiger partial charge in [0.2, 0.25) is 5.56 Å². The van der Waals surface area contributed by atoms with Gasteiger partial charge in [-0.25, -0.2) is 0 Å². The second-order valence-electron chi connectivity index (χ2n) is 7.24. The van der Waals surface area contributed by atoms with Gasteiger partial charge in [0.05, 0.1) is 0 Å². The minimum absolute atomic E-state index is 0.0490. The molecule has 0 aliphatic heterocycles. The molecular weight excluding hydrogens is 334 g/mol. The summed E-state index contributed by atoms with van der Waals surface area (Å²) in [6, 6.07) is 7.50. The van der Waals surface area contributed by atoms with Crippen LogP contribution in [-0.2, 0) is 12.0 Å². The zero-order valence-corrected chi connectivity index (χ0v) is 15.6. The standard InChI is InChI=1S/C23H23N3O/c1-3-19-18-12-16(2)14-23(19,20-8-9-22(27)26-21(20)13-18)25-11-5-7-17-6-4-10-24-15-17/h3-12,15,18H,13-14H2,1-2H3,(H,26,27)/t18-,23+/m0/s1. The van der Waals surface area contributed by atoms with Crippen molar-refractivity contribution in [1.82, 2.24) is 9.97 Å². The van der Waals surface area contributed by atoms with E-state index in [1.807, 2.05) is 42.8 Å². The molecule has 0 saturated heterocycles. The molecule has 0 saturated carbocycles. The number of H-pyrrole nitrogens is 1. The average Bonchev–Trinajstić information content (AvgIpc) is 2.65. The van der Waals surface area contributed by atoms with Gasteiger partial charge in [0.25, 0.3) is 0 Å². The van der Waals surface area contributed by atoms with Crippen molar-refractivity contribution in [2.24, 2.45) is 10.9 Å². The highest BCUT2D eigenvalue weighted by atomic mass is 16.1. The SMILES string of the molecule is CC=C1[C@H]2C=C(C)C[C@]1(N=CC=Cc1cccnc1)c1ccc(=O)[nH]c1C2. The van der Waals surface area contributed by atoms with Crippen molar-refractivity contribution in [3.05, 3.63) is 93.2 Å². The van der Waals surface area contributed by atoms with Crippen LogP contribution in [0.15, 0.2) is 75.8 Å².